The van der Waals surface area contributed by atoms with Crippen LogP contribution in [0.4, 0.5) is 0 Å². The Morgan fingerprint density at radius 1 is 1.64 bits per heavy atom. The zero-order valence-electron chi connectivity index (χ0n) is 6.26. The molecule has 0 bridgehead atoms. The molecule has 1 nitrogen and oxygen atoms in total. The summed E-state index contributed by atoms with van der Waals surface area (Å²) in [5.41, 5.74) is 0.802. The Balaban J connectivity index is 2.95. The van der Waals surface area contributed by atoms with Crippen molar-refractivity contribution in [1.29, 1.82) is 0 Å². The molecule has 1 rings (SSSR count). The predicted molar refractivity (Wildman–Crippen MR) is 46.4 cm³/mol. The number of hydrogen-bond donors (Lipinski definition) is 0. The summed E-state index contributed by atoms with van der Waals surface area (Å²) >= 11 is 5.75. The summed E-state index contributed by atoms with van der Waals surface area (Å²) in [7, 11) is 0. The van der Waals surface area contributed by atoms with Gasteiger partial charge in [0.1, 0.15) is 5.15 Å². The molecule has 0 radical (unpaired) electrons. The maximum Gasteiger partial charge on any atom is 0.144 e. The minimum absolute atomic E-state index is 0.480. The molecule has 1 heterocycles. The van der Waals surface area contributed by atoms with Crippen molar-refractivity contribution in [2.24, 2.45) is 0 Å². The summed E-state index contributed by atoms with van der Waals surface area (Å²) in [6.45, 7) is 2.00. The second-order valence-electron chi connectivity index (χ2n) is 2.00. The zero-order valence-corrected chi connectivity index (χ0v) is 7.02. The van der Waals surface area contributed by atoms with Gasteiger partial charge in [0.2, 0.25) is 0 Å². The van der Waals surface area contributed by atoms with Crippen LogP contribution in [-0.4, -0.2) is 4.98 Å². The van der Waals surface area contributed by atoms with E-state index in [2.05, 4.69) is 16.8 Å². The van der Waals surface area contributed by atoms with Gasteiger partial charge >= 0.3 is 0 Å². The third-order valence-electron chi connectivity index (χ3n) is 1.16. The number of rotatable bonds is 0. The van der Waals surface area contributed by atoms with Crippen molar-refractivity contribution in [3.05, 3.63) is 29.0 Å². The van der Waals surface area contributed by atoms with E-state index >= 15 is 0 Å². The molecular formula is C9H8ClN. The Morgan fingerprint density at radius 2 is 2.45 bits per heavy atom. The van der Waals surface area contributed by atoms with Crippen molar-refractivity contribution in [3.8, 4) is 11.8 Å². The number of pyridine rings is 1. The van der Waals surface area contributed by atoms with Gasteiger partial charge < -0.3 is 0 Å². The van der Waals surface area contributed by atoms with E-state index in [1.165, 1.54) is 0 Å². The fourth-order valence-corrected chi connectivity index (χ4v) is 0.829. The van der Waals surface area contributed by atoms with Gasteiger partial charge in [0.25, 0.3) is 0 Å². The van der Waals surface area contributed by atoms with Crippen LogP contribution in [0.25, 0.3) is 0 Å². The van der Waals surface area contributed by atoms with E-state index in [-0.39, 0.29) is 0 Å². The molecule has 0 saturated carbocycles. The average Bonchev–Trinajstić information content (AvgIpc) is 2.03. The van der Waals surface area contributed by atoms with Crippen LogP contribution >= 0.6 is 11.6 Å². The summed E-state index contributed by atoms with van der Waals surface area (Å²) < 4.78 is 0. The minimum Gasteiger partial charge on any atom is -0.243 e. The van der Waals surface area contributed by atoms with E-state index < -0.39 is 0 Å². The summed E-state index contributed by atoms with van der Waals surface area (Å²) in [6.07, 6.45) is 2.49. The van der Waals surface area contributed by atoms with Crippen molar-refractivity contribution in [3.63, 3.8) is 0 Å². The Hall–Kier alpha value is -1.00. The summed E-state index contributed by atoms with van der Waals surface area (Å²) in [5, 5.41) is 0.480. The smallest absolute Gasteiger partial charge is 0.144 e. The zero-order chi connectivity index (χ0) is 8.10. The third kappa shape index (κ3) is 2.25. The molecule has 1 aromatic rings. The second kappa shape index (κ2) is 4.00. The van der Waals surface area contributed by atoms with Gasteiger partial charge in [-0.3, -0.25) is 0 Å². The minimum atomic E-state index is 0.480. The molecule has 2 heteroatoms. The van der Waals surface area contributed by atoms with Gasteiger partial charge in [-0.25, -0.2) is 4.98 Å². The highest BCUT2D eigenvalue weighted by atomic mass is 35.5. The third-order valence-corrected chi connectivity index (χ3v) is 1.46. The molecular weight excluding hydrogens is 158 g/mol. The van der Waals surface area contributed by atoms with Crippen molar-refractivity contribution in [2.75, 3.05) is 0 Å². The molecule has 0 atom stereocenters. The Bertz CT molecular complexity index is 296. The van der Waals surface area contributed by atoms with E-state index in [1.807, 2.05) is 19.1 Å². The molecule has 0 fully saturated rings. The molecule has 0 unspecified atom stereocenters. The van der Waals surface area contributed by atoms with Crippen LogP contribution in [0.15, 0.2) is 18.3 Å². The standard InChI is InChI=1S/C9H8ClN/c1-2-3-5-8-6-4-7-11-9(8)10/h4,6-7H,2H2,1H3. The summed E-state index contributed by atoms with van der Waals surface area (Å²) in [6, 6.07) is 3.68. The monoisotopic (exact) mass is 165 g/mol. The fraction of sp³-hybridized carbons (Fsp3) is 0.222. The fourth-order valence-electron chi connectivity index (χ4n) is 0.663. The first-order valence-corrected chi connectivity index (χ1v) is 3.81. The number of hydrogen-bond acceptors (Lipinski definition) is 1. The highest BCUT2D eigenvalue weighted by Gasteiger charge is 1.92. The first-order valence-electron chi connectivity index (χ1n) is 3.44. The van der Waals surface area contributed by atoms with Gasteiger partial charge in [-0.05, 0) is 12.1 Å². The molecule has 0 aliphatic heterocycles. The topological polar surface area (TPSA) is 12.9 Å². The van der Waals surface area contributed by atoms with Crippen LogP contribution in [0.3, 0.4) is 0 Å². The predicted octanol–water partition coefficient (Wildman–Crippen LogP) is 2.50. The van der Waals surface area contributed by atoms with E-state index in [0.29, 0.717) is 5.15 Å². The van der Waals surface area contributed by atoms with Crippen LogP contribution in [0.1, 0.15) is 18.9 Å². The Labute approximate surface area is 71.4 Å². The highest BCUT2D eigenvalue weighted by molar-refractivity contribution is 6.30. The Kier molecular flexibility index (Phi) is 2.95. The van der Waals surface area contributed by atoms with E-state index in [9.17, 15) is 0 Å². The summed E-state index contributed by atoms with van der Waals surface area (Å²) in [4.78, 5) is 3.89. The van der Waals surface area contributed by atoms with Crippen molar-refractivity contribution < 1.29 is 0 Å². The van der Waals surface area contributed by atoms with E-state index in [1.54, 1.807) is 6.20 Å². The number of aromatic nitrogens is 1. The van der Waals surface area contributed by atoms with Crippen LogP contribution in [0.2, 0.25) is 5.15 Å². The lowest BCUT2D eigenvalue weighted by Gasteiger charge is -1.90. The molecule has 0 saturated heterocycles. The quantitative estimate of drug-likeness (QED) is 0.425. The number of nitrogens with zero attached hydrogens (tertiary/aromatic N) is 1. The lowest BCUT2D eigenvalue weighted by Crippen LogP contribution is -1.79. The molecule has 1 aromatic heterocycles. The largest absolute Gasteiger partial charge is 0.243 e. The van der Waals surface area contributed by atoms with Crippen molar-refractivity contribution in [2.45, 2.75) is 13.3 Å². The second-order valence-corrected chi connectivity index (χ2v) is 2.36. The van der Waals surface area contributed by atoms with Gasteiger partial charge in [0.15, 0.2) is 0 Å². The van der Waals surface area contributed by atoms with Crippen LogP contribution < -0.4 is 0 Å². The van der Waals surface area contributed by atoms with E-state index in [4.69, 9.17) is 11.6 Å². The maximum absolute atomic E-state index is 5.75. The molecule has 56 valence electrons. The summed E-state index contributed by atoms with van der Waals surface area (Å²) in [5.74, 6) is 5.85. The lowest BCUT2D eigenvalue weighted by atomic mass is 10.3. The first kappa shape index (κ1) is 8.10. The SMILES string of the molecule is CCC#Cc1cccnc1Cl. The van der Waals surface area contributed by atoms with Gasteiger partial charge in [0.05, 0.1) is 5.56 Å². The van der Waals surface area contributed by atoms with Gasteiger partial charge in [-0.2, -0.15) is 0 Å². The molecule has 0 N–H and O–H groups in total. The lowest BCUT2D eigenvalue weighted by molar-refractivity contribution is 1.27. The van der Waals surface area contributed by atoms with Crippen LogP contribution in [-0.2, 0) is 0 Å². The molecule has 0 aromatic carbocycles. The van der Waals surface area contributed by atoms with Gasteiger partial charge in [0, 0.05) is 12.6 Å². The molecule has 11 heavy (non-hydrogen) atoms. The average molecular weight is 166 g/mol. The van der Waals surface area contributed by atoms with Gasteiger partial charge in [-0.15, -0.1) is 0 Å². The first-order chi connectivity index (χ1) is 5.34. The van der Waals surface area contributed by atoms with Gasteiger partial charge in [-0.1, -0.05) is 30.4 Å². The molecule has 0 spiro atoms. The van der Waals surface area contributed by atoms with Crippen molar-refractivity contribution in [1.82, 2.24) is 4.98 Å². The maximum atomic E-state index is 5.75. The van der Waals surface area contributed by atoms with Crippen LogP contribution in [0, 0.1) is 11.8 Å². The molecule has 0 aliphatic carbocycles. The normalized spacial score (nSPS) is 8.55. The highest BCUT2D eigenvalue weighted by Crippen LogP contribution is 2.08. The van der Waals surface area contributed by atoms with Crippen LogP contribution in [0.5, 0.6) is 0 Å². The molecule has 0 amide bonds. The number of halogens is 1. The Morgan fingerprint density at radius 3 is 3.09 bits per heavy atom. The van der Waals surface area contributed by atoms with Crippen molar-refractivity contribution >= 4 is 11.6 Å². The van der Waals surface area contributed by atoms with E-state index in [0.717, 1.165) is 12.0 Å². The molecule has 0 aliphatic rings.